The van der Waals surface area contributed by atoms with E-state index < -0.39 is 21.5 Å². The van der Waals surface area contributed by atoms with Crippen LogP contribution in [0.3, 0.4) is 0 Å². The third-order valence-corrected chi connectivity index (χ3v) is 3.66. The zero-order chi connectivity index (χ0) is 20.1. The Balaban J connectivity index is 0. The smallest absolute Gasteiger partial charge is 0.407 e. The van der Waals surface area contributed by atoms with Crippen molar-refractivity contribution in [1.82, 2.24) is 16.0 Å². The highest BCUT2D eigenvalue weighted by Crippen LogP contribution is 2.06. The molecule has 0 saturated carbocycles. The van der Waals surface area contributed by atoms with E-state index in [1.807, 2.05) is 27.7 Å². The van der Waals surface area contributed by atoms with Gasteiger partial charge in [-0.25, -0.2) is 13.2 Å². The zero-order valence-corrected chi connectivity index (χ0v) is 20.1. The first-order valence-corrected chi connectivity index (χ1v) is 10.8. The van der Waals surface area contributed by atoms with Gasteiger partial charge in [0.1, 0.15) is 15.4 Å². The van der Waals surface area contributed by atoms with Crippen molar-refractivity contribution in [1.29, 1.82) is 0 Å². The van der Waals surface area contributed by atoms with Crippen LogP contribution in [0.5, 0.6) is 0 Å². The molecule has 0 spiro atoms. The third kappa shape index (κ3) is 21.3. The number of amides is 1. The van der Waals surface area contributed by atoms with E-state index in [0.717, 1.165) is 6.54 Å². The van der Waals surface area contributed by atoms with Gasteiger partial charge < -0.3 is 25.4 Å². The monoisotopic (exact) mass is 522 g/mol. The Bertz CT molecular complexity index is 535. The van der Waals surface area contributed by atoms with Gasteiger partial charge in [-0.2, -0.15) is 0 Å². The number of nitrogens with zero attached hydrogens (tertiary/aromatic N) is 1. The topological polar surface area (TPSA) is 118 Å². The standard InChI is InChI=1S/C16H34N4O5S.HI/c1-6-17-14(19-10-11-24-12-13-26(5,22)23)18-8-7-9-20-15(21)25-16(2,3)4;/h6-13H2,1-5H3,(H,20,21)(H2,17,18,19);1H. The minimum absolute atomic E-state index is 0. The maximum Gasteiger partial charge on any atom is 0.407 e. The van der Waals surface area contributed by atoms with Crippen molar-refractivity contribution < 1.29 is 22.7 Å². The summed E-state index contributed by atoms with van der Waals surface area (Å²) in [5, 5.41) is 8.89. The van der Waals surface area contributed by atoms with Gasteiger partial charge in [-0.15, -0.1) is 24.0 Å². The summed E-state index contributed by atoms with van der Waals surface area (Å²) < 4.78 is 32.4. The van der Waals surface area contributed by atoms with E-state index in [9.17, 15) is 13.2 Å². The predicted molar refractivity (Wildman–Crippen MR) is 119 cm³/mol. The molecule has 11 heteroatoms. The van der Waals surface area contributed by atoms with Gasteiger partial charge in [-0.05, 0) is 34.1 Å². The molecule has 0 rings (SSSR count). The van der Waals surface area contributed by atoms with Gasteiger partial charge in [-0.1, -0.05) is 0 Å². The highest BCUT2D eigenvalue weighted by molar-refractivity contribution is 14.0. The molecule has 162 valence electrons. The number of sulfone groups is 1. The Morgan fingerprint density at radius 3 is 2.30 bits per heavy atom. The van der Waals surface area contributed by atoms with E-state index in [2.05, 4.69) is 20.9 Å². The maximum atomic E-state index is 11.5. The number of hydrogen-bond acceptors (Lipinski definition) is 6. The molecule has 0 aliphatic heterocycles. The molecule has 0 aliphatic rings. The zero-order valence-electron chi connectivity index (χ0n) is 17.0. The molecule has 0 fully saturated rings. The van der Waals surface area contributed by atoms with Gasteiger partial charge >= 0.3 is 6.09 Å². The minimum Gasteiger partial charge on any atom is -0.444 e. The van der Waals surface area contributed by atoms with Gasteiger partial charge in [0.25, 0.3) is 0 Å². The second kappa shape index (κ2) is 15.1. The van der Waals surface area contributed by atoms with Gasteiger partial charge in [0, 0.05) is 32.4 Å². The predicted octanol–water partition coefficient (Wildman–Crippen LogP) is 1.14. The molecule has 0 aromatic heterocycles. The Morgan fingerprint density at radius 2 is 1.74 bits per heavy atom. The van der Waals surface area contributed by atoms with E-state index in [4.69, 9.17) is 9.47 Å². The molecule has 0 atom stereocenters. The number of alkyl carbamates (subject to hydrolysis) is 1. The largest absolute Gasteiger partial charge is 0.444 e. The fraction of sp³-hybridized carbons (Fsp3) is 0.875. The van der Waals surface area contributed by atoms with Crippen LogP contribution in [0.1, 0.15) is 34.1 Å². The Kier molecular flexibility index (Phi) is 15.9. The average molecular weight is 522 g/mol. The van der Waals surface area contributed by atoms with Crippen LogP contribution >= 0.6 is 24.0 Å². The number of guanidine groups is 1. The van der Waals surface area contributed by atoms with Crippen molar-refractivity contribution in [2.45, 2.75) is 39.7 Å². The van der Waals surface area contributed by atoms with Crippen molar-refractivity contribution in [3.05, 3.63) is 0 Å². The average Bonchev–Trinajstić information content (AvgIpc) is 2.47. The van der Waals surface area contributed by atoms with E-state index in [1.165, 1.54) is 6.26 Å². The van der Waals surface area contributed by atoms with E-state index in [-0.39, 0.29) is 36.3 Å². The summed E-state index contributed by atoms with van der Waals surface area (Å²) in [4.78, 5) is 15.9. The first-order chi connectivity index (χ1) is 12.0. The number of nitrogens with one attached hydrogen (secondary N) is 3. The Hall–Kier alpha value is -0.820. The number of carbonyl (C=O) groups is 1. The van der Waals surface area contributed by atoms with Crippen LogP contribution in [-0.4, -0.2) is 77.5 Å². The molecule has 0 heterocycles. The molecular weight excluding hydrogens is 487 g/mol. The second-order valence-electron chi connectivity index (χ2n) is 6.71. The number of ether oxygens (including phenoxy) is 2. The summed E-state index contributed by atoms with van der Waals surface area (Å²) in [6.45, 7) is 10.2. The quantitative estimate of drug-likeness (QED) is 0.161. The molecule has 9 nitrogen and oxygen atoms in total. The molecule has 3 N–H and O–H groups in total. The van der Waals surface area contributed by atoms with Crippen LogP contribution in [0.4, 0.5) is 4.79 Å². The van der Waals surface area contributed by atoms with Gasteiger partial charge in [0.05, 0.1) is 19.0 Å². The summed E-state index contributed by atoms with van der Waals surface area (Å²) in [6, 6.07) is 0. The highest BCUT2D eigenvalue weighted by Gasteiger charge is 2.15. The second-order valence-corrected chi connectivity index (χ2v) is 8.97. The Morgan fingerprint density at radius 1 is 1.07 bits per heavy atom. The molecule has 0 unspecified atom stereocenters. The lowest BCUT2D eigenvalue weighted by Gasteiger charge is -2.19. The third-order valence-electron chi connectivity index (χ3n) is 2.75. The SMILES string of the molecule is CCNC(=NCCCNC(=O)OC(C)(C)C)NCCOCCS(C)(=O)=O.I. The van der Waals surface area contributed by atoms with Gasteiger partial charge in [0.15, 0.2) is 5.96 Å². The molecule has 0 aromatic rings. The van der Waals surface area contributed by atoms with Crippen molar-refractivity contribution in [2.24, 2.45) is 4.99 Å². The first kappa shape index (κ1) is 28.4. The lowest BCUT2D eigenvalue weighted by molar-refractivity contribution is 0.0527. The van der Waals surface area contributed by atoms with Crippen molar-refractivity contribution in [2.75, 3.05) is 51.4 Å². The molecule has 1 amide bonds. The van der Waals surface area contributed by atoms with Gasteiger partial charge in [-0.3, -0.25) is 4.99 Å². The molecular formula is C16H35IN4O5S. The minimum atomic E-state index is -2.99. The molecule has 0 aromatic carbocycles. The Labute approximate surface area is 180 Å². The fourth-order valence-electron chi connectivity index (χ4n) is 1.67. The number of rotatable bonds is 11. The molecule has 0 saturated heterocycles. The van der Waals surface area contributed by atoms with Crippen LogP contribution in [0.2, 0.25) is 0 Å². The molecule has 27 heavy (non-hydrogen) atoms. The normalized spacial score (nSPS) is 12.1. The molecule has 0 aliphatic carbocycles. The lowest BCUT2D eigenvalue weighted by Crippen LogP contribution is -2.39. The van der Waals surface area contributed by atoms with Crippen molar-refractivity contribution >= 4 is 45.9 Å². The van der Waals surface area contributed by atoms with Crippen LogP contribution in [0.15, 0.2) is 4.99 Å². The van der Waals surface area contributed by atoms with Gasteiger partial charge in [0.2, 0.25) is 0 Å². The fourth-order valence-corrected chi connectivity index (χ4v) is 2.09. The van der Waals surface area contributed by atoms with E-state index in [0.29, 0.717) is 38.6 Å². The first-order valence-electron chi connectivity index (χ1n) is 8.78. The molecule has 0 radical (unpaired) electrons. The van der Waals surface area contributed by atoms with Crippen molar-refractivity contribution in [3.63, 3.8) is 0 Å². The maximum absolute atomic E-state index is 11.5. The summed E-state index contributed by atoms with van der Waals surface area (Å²) in [6.07, 6.45) is 1.43. The lowest BCUT2D eigenvalue weighted by atomic mass is 10.2. The van der Waals surface area contributed by atoms with Crippen LogP contribution in [-0.2, 0) is 19.3 Å². The number of halogens is 1. The number of aliphatic imine (C=N–C) groups is 1. The number of hydrogen-bond donors (Lipinski definition) is 3. The summed E-state index contributed by atoms with van der Waals surface area (Å²) in [5.41, 5.74) is -0.506. The van der Waals surface area contributed by atoms with E-state index >= 15 is 0 Å². The van der Waals surface area contributed by atoms with Crippen molar-refractivity contribution in [3.8, 4) is 0 Å². The van der Waals surface area contributed by atoms with Crippen LogP contribution in [0, 0.1) is 0 Å². The van der Waals surface area contributed by atoms with Crippen LogP contribution in [0.25, 0.3) is 0 Å². The van der Waals surface area contributed by atoms with E-state index in [1.54, 1.807) is 0 Å². The molecule has 0 bridgehead atoms. The summed E-state index contributed by atoms with van der Waals surface area (Å²) in [7, 11) is -2.99. The number of carbonyl (C=O) groups excluding carboxylic acids is 1. The van der Waals surface area contributed by atoms with Crippen LogP contribution < -0.4 is 16.0 Å². The highest BCUT2D eigenvalue weighted by atomic mass is 127. The summed E-state index contributed by atoms with van der Waals surface area (Å²) in [5.74, 6) is 0.669. The summed E-state index contributed by atoms with van der Waals surface area (Å²) >= 11 is 0.